The molecule has 0 amide bonds. The molecule has 0 aromatic heterocycles. The van der Waals surface area contributed by atoms with E-state index in [1.54, 1.807) is 0 Å². The molecule has 0 N–H and O–H groups in total. The molecule has 1 aliphatic heterocycles. The summed E-state index contributed by atoms with van der Waals surface area (Å²) in [5.41, 5.74) is 0. The van der Waals surface area contributed by atoms with E-state index in [-0.39, 0.29) is 0 Å². The fourth-order valence-electron chi connectivity index (χ4n) is 0.902. The van der Waals surface area contributed by atoms with Gasteiger partial charge in [0.15, 0.2) is 0 Å². The standard InChI is InChI=1S/C8H12O/c1-2-5-8-6-3-4-7-9-8/h2-3,6,8H,1,4-5,7H2/t8-/m0/s1. The van der Waals surface area contributed by atoms with Crippen LogP contribution >= 0.6 is 0 Å². The summed E-state index contributed by atoms with van der Waals surface area (Å²) in [7, 11) is 0. The second kappa shape index (κ2) is 3.46. The Hall–Kier alpha value is -0.560. The lowest BCUT2D eigenvalue weighted by atomic mass is 10.2. The van der Waals surface area contributed by atoms with Crippen molar-refractivity contribution in [1.29, 1.82) is 0 Å². The zero-order chi connectivity index (χ0) is 6.53. The molecule has 9 heavy (non-hydrogen) atoms. The number of rotatable bonds is 2. The van der Waals surface area contributed by atoms with Crippen molar-refractivity contribution in [3.63, 3.8) is 0 Å². The zero-order valence-corrected chi connectivity index (χ0v) is 5.55. The molecule has 0 aromatic carbocycles. The van der Waals surface area contributed by atoms with E-state index in [2.05, 4.69) is 18.7 Å². The molecule has 1 heteroatoms. The Morgan fingerprint density at radius 3 is 3.22 bits per heavy atom. The van der Waals surface area contributed by atoms with Gasteiger partial charge in [0.25, 0.3) is 0 Å². The fraction of sp³-hybridized carbons (Fsp3) is 0.500. The van der Waals surface area contributed by atoms with Crippen molar-refractivity contribution < 1.29 is 4.74 Å². The lowest BCUT2D eigenvalue weighted by Crippen LogP contribution is -2.12. The van der Waals surface area contributed by atoms with Crippen LogP contribution in [-0.2, 0) is 4.74 Å². The first-order chi connectivity index (χ1) is 4.43. The minimum atomic E-state index is 0.302. The minimum absolute atomic E-state index is 0.302. The maximum absolute atomic E-state index is 5.36. The molecule has 0 saturated carbocycles. The average molecular weight is 124 g/mol. The van der Waals surface area contributed by atoms with Crippen LogP contribution in [0.2, 0.25) is 0 Å². The Labute approximate surface area is 56.0 Å². The fourth-order valence-corrected chi connectivity index (χ4v) is 0.902. The molecule has 0 spiro atoms. The summed E-state index contributed by atoms with van der Waals surface area (Å²) in [6.07, 6.45) is 8.46. The molecular formula is C8H12O. The Morgan fingerprint density at radius 2 is 2.67 bits per heavy atom. The highest BCUT2D eigenvalue weighted by Crippen LogP contribution is 2.07. The van der Waals surface area contributed by atoms with E-state index in [9.17, 15) is 0 Å². The monoisotopic (exact) mass is 124 g/mol. The van der Waals surface area contributed by atoms with Crippen molar-refractivity contribution in [2.24, 2.45) is 0 Å². The number of hydrogen-bond donors (Lipinski definition) is 0. The quantitative estimate of drug-likeness (QED) is 0.511. The number of ether oxygens (including phenoxy) is 1. The van der Waals surface area contributed by atoms with Crippen LogP contribution in [0.5, 0.6) is 0 Å². The zero-order valence-electron chi connectivity index (χ0n) is 5.55. The molecule has 0 unspecified atom stereocenters. The van der Waals surface area contributed by atoms with Gasteiger partial charge < -0.3 is 4.74 Å². The van der Waals surface area contributed by atoms with Crippen molar-refractivity contribution in [2.45, 2.75) is 18.9 Å². The molecule has 0 bridgehead atoms. The Kier molecular flexibility index (Phi) is 2.52. The lowest BCUT2D eigenvalue weighted by molar-refractivity contribution is 0.0821. The summed E-state index contributed by atoms with van der Waals surface area (Å²) < 4.78 is 5.36. The first-order valence-corrected chi connectivity index (χ1v) is 3.32. The van der Waals surface area contributed by atoms with Gasteiger partial charge in [-0.2, -0.15) is 0 Å². The summed E-state index contributed by atoms with van der Waals surface area (Å²) in [6.45, 7) is 4.51. The Morgan fingerprint density at radius 1 is 1.78 bits per heavy atom. The van der Waals surface area contributed by atoms with Crippen LogP contribution in [0.15, 0.2) is 24.8 Å². The first-order valence-electron chi connectivity index (χ1n) is 3.32. The summed E-state index contributed by atoms with van der Waals surface area (Å²) in [6, 6.07) is 0. The van der Waals surface area contributed by atoms with Gasteiger partial charge in [-0.05, 0) is 12.8 Å². The highest BCUT2D eigenvalue weighted by molar-refractivity contribution is 4.95. The largest absolute Gasteiger partial charge is 0.374 e. The third kappa shape index (κ3) is 2.02. The maximum Gasteiger partial charge on any atom is 0.0790 e. The maximum atomic E-state index is 5.36. The van der Waals surface area contributed by atoms with E-state index in [1.807, 2.05) is 6.08 Å². The highest BCUT2D eigenvalue weighted by atomic mass is 16.5. The lowest BCUT2D eigenvalue weighted by Gasteiger charge is -2.14. The minimum Gasteiger partial charge on any atom is -0.374 e. The van der Waals surface area contributed by atoms with Crippen LogP contribution in [-0.4, -0.2) is 12.7 Å². The molecule has 0 radical (unpaired) electrons. The summed E-state index contributed by atoms with van der Waals surface area (Å²) >= 11 is 0. The molecule has 0 aliphatic carbocycles. The van der Waals surface area contributed by atoms with E-state index >= 15 is 0 Å². The summed E-state index contributed by atoms with van der Waals surface area (Å²) in [5, 5.41) is 0. The predicted molar refractivity (Wildman–Crippen MR) is 38.3 cm³/mol. The van der Waals surface area contributed by atoms with Crippen LogP contribution in [0.25, 0.3) is 0 Å². The normalized spacial score (nSPS) is 26.0. The van der Waals surface area contributed by atoms with Gasteiger partial charge in [-0.3, -0.25) is 0 Å². The van der Waals surface area contributed by atoms with Gasteiger partial charge in [0.2, 0.25) is 0 Å². The predicted octanol–water partition coefficient (Wildman–Crippen LogP) is 1.91. The Bertz CT molecular complexity index is 116. The third-order valence-electron chi connectivity index (χ3n) is 1.37. The highest BCUT2D eigenvalue weighted by Gasteiger charge is 2.04. The van der Waals surface area contributed by atoms with E-state index in [0.29, 0.717) is 6.10 Å². The van der Waals surface area contributed by atoms with Crippen LogP contribution in [0.4, 0.5) is 0 Å². The van der Waals surface area contributed by atoms with Gasteiger partial charge in [0, 0.05) is 0 Å². The molecule has 0 saturated heterocycles. The summed E-state index contributed by atoms with van der Waals surface area (Å²) in [5.74, 6) is 0. The van der Waals surface area contributed by atoms with Gasteiger partial charge in [-0.1, -0.05) is 18.2 Å². The molecule has 1 rings (SSSR count). The van der Waals surface area contributed by atoms with Gasteiger partial charge >= 0.3 is 0 Å². The second-order valence-corrected chi connectivity index (χ2v) is 2.15. The molecule has 1 atom stereocenters. The van der Waals surface area contributed by atoms with Gasteiger partial charge in [-0.15, -0.1) is 6.58 Å². The van der Waals surface area contributed by atoms with Crippen LogP contribution < -0.4 is 0 Å². The van der Waals surface area contributed by atoms with Crippen molar-refractivity contribution in [1.82, 2.24) is 0 Å². The van der Waals surface area contributed by atoms with Gasteiger partial charge in [-0.25, -0.2) is 0 Å². The summed E-state index contributed by atoms with van der Waals surface area (Å²) in [4.78, 5) is 0. The van der Waals surface area contributed by atoms with Crippen molar-refractivity contribution in [3.8, 4) is 0 Å². The SMILES string of the molecule is C=CC[C@H]1C=CCCO1. The third-order valence-corrected chi connectivity index (χ3v) is 1.37. The van der Waals surface area contributed by atoms with E-state index in [4.69, 9.17) is 4.74 Å². The number of hydrogen-bond acceptors (Lipinski definition) is 1. The molecular weight excluding hydrogens is 112 g/mol. The van der Waals surface area contributed by atoms with Crippen molar-refractivity contribution in [2.75, 3.05) is 6.61 Å². The molecule has 0 fully saturated rings. The van der Waals surface area contributed by atoms with Crippen LogP contribution in [0, 0.1) is 0 Å². The van der Waals surface area contributed by atoms with Crippen LogP contribution in [0.3, 0.4) is 0 Å². The Balaban J connectivity index is 2.31. The van der Waals surface area contributed by atoms with E-state index < -0.39 is 0 Å². The van der Waals surface area contributed by atoms with Gasteiger partial charge in [0.1, 0.15) is 0 Å². The molecule has 1 nitrogen and oxygen atoms in total. The topological polar surface area (TPSA) is 9.23 Å². The van der Waals surface area contributed by atoms with Crippen molar-refractivity contribution in [3.05, 3.63) is 24.8 Å². The molecule has 0 aromatic rings. The van der Waals surface area contributed by atoms with E-state index in [1.165, 1.54) is 0 Å². The van der Waals surface area contributed by atoms with Crippen LogP contribution in [0.1, 0.15) is 12.8 Å². The smallest absolute Gasteiger partial charge is 0.0790 e. The van der Waals surface area contributed by atoms with Crippen molar-refractivity contribution >= 4 is 0 Å². The average Bonchev–Trinajstić information content (AvgIpc) is 1.91. The van der Waals surface area contributed by atoms with Gasteiger partial charge in [0.05, 0.1) is 12.7 Å². The van der Waals surface area contributed by atoms with E-state index in [0.717, 1.165) is 19.4 Å². The molecule has 1 aliphatic rings. The second-order valence-electron chi connectivity index (χ2n) is 2.15. The molecule has 1 heterocycles. The molecule has 50 valence electrons. The first kappa shape index (κ1) is 6.56.